The highest BCUT2D eigenvalue weighted by Gasteiger charge is 2.14. The highest BCUT2D eigenvalue weighted by Crippen LogP contribution is 2.23. The lowest BCUT2D eigenvalue weighted by Gasteiger charge is -2.16. The second kappa shape index (κ2) is 9.30. The van der Waals surface area contributed by atoms with Crippen LogP contribution in [0.5, 0.6) is 0 Å². The summed E-state index contributed by atoms with van der Waals surface area (Å²) in [5, 5.41) is 11.7. The van der Waals surface area contributed by atoms with Gasteiger partial charge in [-0.05, 0) is 48.7 Å². The summed E-state index contributed by atoms with van der Waals surface area (Å²) in [6, 6.07) is 8.81. The predicted molar refractivity (Wildman–Crippen MR) is 110 cm³/mol. The van der Waals surface area contributed by atoms with Crippen LogP contribution in [0.1, 0.15) is 21.8 Å². The number of rotatable bonds is 9. The highest BCUT2D eigenvalue weighted by molar-refractivity contribution is 7.98. The maximum absolute atomic E-state index is 13.4. The third kappa shape index (κ3) is 5.28. The Kier molecular flexibility index (Phi) is 6.82. The average molecular weight is 403 g/mol. The van der Waals surface area contributed by atoms with Crippen LogP contribution >= 0.6 is 23.1 Å². The van der Waals surface area contributed by atoms with Gasteiger partial charge in [-0.2, -0.15) is 0 Å². The number of aromatic nitrogens is 3. The summed E-state index contributed by atoms with van der Waals surface area (Å²) in [6.07, 6.45) is 1.85. The Bertz CT molecular complexity index is 903. The number of benzene rings is 1. The molecule has 0 amide bonds. The summed E-state index contributed by atoms with van der Waals surface area (Å²) in [5.74, 6) is 1.34. The Morgan fingerprint density at radius 2 is 2.15 bits per heavy atom. The molecule has 0 spiro atoms. The summed E-state index contributed by atoms with van der Waals surface area (Å²) in [5.41, 5.74) is 2.26. The van der Waals surface area contributed by atoms with Crippen molar-refractivity contribution in [3.8, 4) is 0 Å². The van der Waals surface area contributed by atoms with Gasteiger partial charge in [0.25, 0.3) is 0 Å². The topological polar surface area (TPSA) is 34.0 Å². The van der Waals surface area contributed by atoms with Crippen LogP contribution in [0.4, 0.5) is 4.39 Å². The van der Waals surface area contributed by atoms with Crippen LogP contribution in [0.15, 0.2) is 53.5 Å². The third-order valence-corrected chi connectivity index (χ3v) is 6.20. The van der Waals surface area contributed by atoms with E-state index in [1.807, 2.05) is 12.1 Å². The molecule has 4 nitrogen and oxygen atoms in total. The van der Waals surface area contributed by atoms with Crippen molar-refractivity contribution in [1.29, 1.82) is 0 Å². The monoisotopic (exact) mass is 402 g/mol. The normalized spacial score (nSPS) is 11.3. The maximum atomic E-state index is 13.4. The van der Waals surface area contributed by atoms with Crippen LogP contribution in [-0.4, -0.2) is 26.7 Å². The fraction of sp³-hybridized carbons (Fsp3) is 0.300. The SMILES string of the molecule is C=CCn1c(CN(C)Cc2sccc2C)nnc1SCc1cccc(F)c1. The van der Waals surface area contributed by atoms with Gasteiger partial charge < -0.3 is 4.57 Å². The number of nitrogens with zero attached hydrogens (tertiary/aromatic N) is 4. The summed E-state index contributed by atoms with van der Waals surface area (Å²) in [7, 11) is 2.09. The van der Waals surface area contributed by atoms with Crippen molar-refractivity contribution in [2.75, 3.05) is 7.05 Å². The molecule has 1 aromatic carbocycles. The highest BCUT2D eigenvalue weighted by atomic mass is 32.2. The molecule has 7 heteroatoms. The van der Waals surface area contributed by atoms with Gasteiger partial charge in [0.1, 0.15) is 11.6 Å². The number of aryl methyl sites for hydroxylation is 1. The molecule has 0 unspecified atom stereocenters. The first-order valence-corrected chi connectivity index (χ1v) is 10.5. The average Bonchev–Trinajstić information content (AvgIpc) is 3.20. The molecule has 0 aliphatic carbocycles. The first kappa shape index (κ1) is 19.8. The molecular formula is C20H23FN4S2. The van der Waals surface area contributed by atoms with Crippen LogP contribution in [0.3, 0.4) is 0 Å². The molecule has 27 heavy (non-hydrogen) atoms. The van der Waals surface area contributed by atoms with Gasteiger partial charge in [-0.3, -0.25) is 4.90 Å². The van der Waals surface area contributed by atoms with Crippen molar-refractivity contribution >= 4 is 23.1 Å². The minimum atomic E-state index is -0.216. The number of hydrogen-bond acceptors (Lipinski definition) is 5. The molecule has 2 heterocycles. The van der Waals surface area contributed by atoms with E-state index in [4.69, 9.17) is 0 Å². The van der Waals surface area contributed by atoms with Gasteiger partial charge in [-0.1, -0.05) is 30.0 Å². The zero-order chi connectivity index (χ0) is 19.2. The first-order valence-electron chi connectivity index (χ1n) is 8.68. The van der Waals surface area contributed by atoms with E-state index >= 15 is 0 Å². The van der Waals surface area contributed by atoms with Gasteiger partial charge in [-0.25, -0.2) is 4.39 Å². The number of allylic oxidation sites excluding steroid dienone is 1. The molecule has 3 rings (SSSR count). The predicted octanol–water partition coefficient (Wildman–Crippen LogP) is 4.90. The third-order valence-electron chi connectivity index (χ3n) is 4.16. The first-order chi connectivity index (χ1) is 13.1. The molecule has 0 saturated carbocycles. The number of thiophene rings is 1. The molecule has 0 aliphatic heterocycles. The Hall–Kier alpha value is -1.96. The van der Waals surface area contributed by atoms with Crippen LogP contribution in [0.2, 0.25) is 0 Å². The Morgan fingerprint density at radius 3 is 2.85 bits per heavy atom. The molecule has 0 aliphatic rings. The fourth-order valence-corrected chi connectivity index (χ4v) is 4.63. The van der Waals surface area contributed by atoms with Gasteiger partial charge in [0.05, 0.1) is 6.54 Å². The second-order valence-corrected chi connectivity index (χ2v) is 8.36. The molecular weight excluding hydrogens is 379 g/mol. The molecule has 0 bridgehead atoms. The van der Waals surface area contributed by atoms with Crippen LogP contribution < -0.4 is 0 Å². The van der Waals surface area contributed by atoms with Gasteiger partial charge in [-0.15, -0.1) is 28.1 Å². The van der Waals surface area contributed by atoms with E-state index in [-0.39, 0.29) is 5.82 Å². The molecule has 0 saturated heterocycles. The number of hydrogen-bond donors (Lipinski definition) is 0. The van der Waals surface area contributed by atoms with Gasteiger partial charge in [0, 0.05) is 23.7 Å². The quantitative estimate of drug-likeness (QED) is 0.377. The smallest absolute Gasteiger partial charge is 0.191 e. The Morgan fingerprint density at radius 1 is 1.30 bits per heavy atom. The zero-order valence-corrected chi connectivity index (χ0v) is 17.2. The summed E-state index contributed by atoms with van der Waals surface area (Å²) in [4.78, 5) is 3.61. The standard InChI is InChI=1S/C20H23FN4S2/c1-4-9-25-19(13-24(3)12-18-15(2)8-10-26-18)22-23-20(25)27-14-16-6-5-7-17(21)11-16/h4-8,10-11H,1,9,12-14H2,2-3H3. The summed E-state index contributed by atoms with van der Waals surface area (Å²) < 4.78 is 15.4. The summed E-state index contributed by atoms with van der Waals surface area (Å²) in [6.45, 7) is 8.24. The lowest BCUT2D eigenvalue weighted by molar-refractivity contribution is 0.307. The molecule has 2 aromatic heterocycles. The van der Waals surface area contributed by atoms with Gasteiger partial charge in [0.2, 0.25) is 0 Å². The van der Waals surface area contributed by atoms with Crippen molar-refractivity contribution in [2.24, 2.45) is 0 Å². The molecule has 0 fully saturated rings. The van der Waals surface area contributed by atoms with Crippen molar-refractivity contribution < 1.29 is 4.39 Å². The van der Waals surface area contributed by atoms with E-state index < -0.39 is 0 Å². The van der Waals surface area contributed by atoms with Crippen LogP contribution in [0, 0.1) is 12.7 Å². The van der Waals surface area contributed by atoms with Crippen molar-refractivity contribution in [2.45, 2.75) is 37.5 Å². The van der Waals surface area contributed by atoms with E-state index in [1.165, 1.54) is 16.5 Å². The molecule has 0 N–H and O–H groups in total. The molecule has 3 aromatic rings. The Labute approximate surface area is 167 Å². The molecule has 0 atom stereocenters. The number of halogens is 1. The number of thioether (sulfide) groups is 1. The van der Waals surface area contributed by atoms with Crippen LogP contribution in [-0.2, 0) is 25.4 Å². The van der Waals surface area contributed by atoms with Gasteiger partial charge in [0.15, 0.2) is 5.16 Å². The van der Waals surface area contributed by atoms with Gasteiger partial charge >= 0.3 is 0 Å². The lowest BCUT2D eigenvalue weighted by Crippen LogP contribution is -2.20. The Balaban J connectivity index is 1.68. The molecule has 142 valence electrons. The van der Waals surface area contributed by atoms with Crippen LogP contribution in [0.25, 0.3) is 0 Å². The van der Waals surface area contributed by atoms with E-state index in [9.17, 15) is 4.39 Å². The van der Waals surface area contributed by atoms with E-state index in [1.54, 1.807) is 35.2 Å². The maximum Gasteiger partial charge on any atom is 0.191 e. The lowest BCUT2D eigenvalue weighted by atomic mass is 10.2. The van der Waals surface area contributed by atoms with E-state index in [0.29, 0.717) is 18.8 Å². The fourth-order valence-electron chi connectivity index (χ4n) is 2.74. The largest absolute Gasteiger partial charge is 0.301 e. The molecule has 0 radical (unpaired) electrons. The van der Waals surface area contributed by atoms with Crippen molar-refractivity contribution in [3.63, 3.8) is 0 Å². The van der Waals surface area contributed by atoms with E-state index in [2.05, 4.69) is 51.7 Å². The zero-order valence-electron chi connectivity index (χ0n) is 15.6. The van der Waals surface area contributed by atoms with E-state index in [0.717, 1.165) is 23.1 Å². The minimum Gasteiger partial charge on any atom is -0.301 e. The summed E-state index contributed by atoms with van der Waals surface area (Å²) >= 11 is 3.34. The second-order valence-electron chi connectivity index (χ2n) is 6.42. The van der Waals surface area contributed by atoms with Crippen molar-refractivity contribution in [3.05, 3.63) is 76.0 Å². The van der Waals surface area contributed by atoms with Crippen molar-refractivity contribution in [1.82, 2.24) is 19.7 Å². The minimum absolute atomic E-state index is 0.216.